The molecule has 0 radical (unpaired) electrons. The zero-order valence-corrected chi connectivity index (χ0v) is 14.4. The van der Waals surface area contributed by atoms with Gasteiger partial charge in [0.2, 0.25) is 11.8 Å². The number of carbonyl (C=O) groups is 2. The van der Waals surface area contributed by atoms with Gasteiger partial charge in [-0.3, -0.25) is 9.59 Å². The number of amides is 2. The number of ether oxygens (including phenoxy) is 1. The fourth-order valence-corrected chi connectivity index (χ4v) is 2.15. The van der Waals surface area contributed by atoms with Crippen molar-refractivity contribution in [1.82, 2.24) is 0 Å². The van der Waals surface area contributed by atoms with Gasteiger partial charge in [-0.1, -0.05) is 13.3 Å². The first-order valence-electron chi connectivity index (χ1n) is 8.13. The van der Waals surface area contributed by atoms with Gasteiger partial charge in [-0.05, 0) is 36.8 Å². The molecule has 2 aromatic rings. The van der Waals surface area contributed by atoms with Crippen LogP contribution in [0.25, 0.3) is 6.08 Å². The van der Waals surface area contributed by atoms with Crippen LogP contribution in [0.4, 0.5) is 11.4 Å². The highest BCUT2D eigenvalue weighted by Crippen LogP contribution is 2.28. The number of hydrogen-bond acceptors (Lipinski definition) is 4. The van der Waals surface area contributed by atoms with E-state index in [9.17, 15) is 9.59 Å². The monoisotopic (exact) mass is 342 g/mol. The topological polar surface area (TPSA) is 80.6 Å². The third-order valence-electron chi connectivity index (χ3n) is 3.44. The van der Waals surface area contributed by atoms with E-state index in [-0.39, 0.29) is 11.8 Å². The second kappa shape index (κ2) is 9.32. The van der Waals surface area contributed by atoms with Crippen molar-refractivity contribution >= 4 is 29.3 Å². The Bertz CT molecular complexity index is 736. The molecule has 0 bridgehead atoms. The molecule has 2 N–H and O–H groups in total. The van der Waals surface area contributed by atoms with Gasteiger partial charge in [0.05, 0.1) is 19.1 Å². The van der Waals surface area contributed by atoms with E-state index in [1.54, 1.807) is 36.4 Å². The number of unbranched alkanes of at least 4 members (excludes halogenated alkanes) is 1. The van der Waals surface area contributed by atoms with Gasteiger partial charge in [-0.25, -0.2) is 0 Å². The fraction of sp³-hybridized carbons (Fsp3) is 0.263. The summed E-state index contributed by atoms with van der Waals surface area (Å²) < 4.78 is 10.4. The Hall–Kier alpha value is -3.02. The molecular weight excluding hydrogens is 320 g/mol. The van der Waals surface area contributed by atoms with Crippen LogP contribution in [-0.4, -0.2) is 18.9 Å². The Morgan fingerprint density at radius 1 is 1.24 bits per heavy atom. The lowest BCUT2D eigenvalue weighted by atomic mass is 10.2. The molecule has 0 aliphatic heterocycles. The molecule has 0 saturated heterocycles. The smallest absolute Gasteiger partial charge is 0.248 e. The number of rotatable bonds is 8. The maximum Gasteiger partial charge on any atom is 0.248 e. The Kier molecular flexibility index (Phi) is 6.83. The molecule has 1 heterocycles. The zero-order chi connectivity index (χ0) is 18.1. The van der Waals surface area contributed by atoms with E-state index >= 15 is 0 Å². The summed E-state index contributed by atoms with van der Waals surface area (Å²) in [6.07, 6.45) is 6.76. The molecule has 6 heteroatoms. The van der Waals surface area contributed by atoms with Crippen LogP contribution in [0, 0.1) is 0 Å². The van der Waals surface area contributed by atoms with Crippen LogP contribution < -0.4 is 15.4 Å². The second-order valence-electron chi connectivity index (χ2n) is 5.40. The number of benzene rings is 1. The van der Waals surface area contributed by atoms with Gasteiger partial charge in [0.15, 0.2) is 0 Å². The number of hydrogen-bond donors (Lipinski definition) is 2. The molecule has 0 atom stereocenters. The van der Waals surface area contributed by atoms with Gasteiger partial charge < -0.3 is 19.8 Å². The maximum absolute atomic E-state index is 11.9. The predicted octanol–water partition coefficient (Wildman–Crippen LogP) is 4.07. The summed E-state index contributed by atoms with van der Waals surface area (Å²) in [4.78, 5) is 23.8. The van der Waals surface area contributed by atoms with E-state index in [0.29, 0.717) is 29.3 Å². The molecule has 0 spiro atoms. The molecule has 25 heavy (non-hydrogen) atoms. The number of anilines is 2. The van der Waals surface area contributed by atoms with Crippen LogP contribution in [-0.2, 0) is 9.59 Å². The van der Waals surface area contributed by atoms with Crippen molar-refractivity contribution in [3.63, 3.8) is 0 Å². The molecule has 0 unspecified atom stereocenters. The van der Waals surface area contributed by atoms with Crippen molar-refractivity contribution in [2.45, 2.75) is 26.2 Å². The van der Waals surface area contributed by atoms with Gasteiger partial charge >= 0.3 is 0 Å². The van der Waals surface area contributed by atoms with Crippen LogP contribution in [0.15, 0.2) is 47.1 Å². The molecule has 2 rings (SSSR count). The highest BCUT2D eigenvalue weighted by Gasteiger charge is 2.09. The SMILES string of the molecule is CCCCC(=O)Nc1ccc(NC(=O)C=Cc2ccco2)cc1OC. The fourth-order valence-electron chi connectivity index (χ4n) is 2.15. The highest BCUT2D eigenvalue weighted by atomic mass is 16.5. The van der Waals surface area contributed by atoms with E-state index in [1.807, 2.05) is 6.92 Å². The average Bonchev–Trinajstić information content (AvgIpc) is 3.13. The quantitative estimate of drug-likeness (QED) is 0.709. The van der Waals surface area contributed by atoms with Crippen LogP contribution in [0.1, 0.15) is 31.9 Å². The summed E-state index contributed by atoms with van der Waals surface area (Å²) in [6.45, 7) is 2.03. The van der Waals surface area contributed by atoms with Gasteiger partial charge in [-0.2, -0.15) is 0 Å². The number of nitrogens with one attached hydrogen (secondary N) is 2. The molecule has 0 aliphatic rings. The number of methoxy groups -OCH3 is 1. The first kappa shape index (κ1) is 18.3. The van der Waals surface area contributed by atoms with E-state index in [0.717, 1.165) is 12.8 Å². The molecule has 0 aliphatic carbocycles. The van der Waals surface area contributed by atoms with Crippen LogP contribution in [0.2, 0.25) is 0 Å². The minimum absolute atomic E-state index is 0.0571. The largest absolute Gasteiger partial charge is 0.494 e. The Morgan fingerprint density at radius 2 is 2.08 bits per heavy atom. The van der Waals surface area contributed by atoms with Gasteiger partial charge in [0.25, 0.3) is 0 Å². The van der Waals surface area contributed by atoms with Crippen molar-refractivity contribution in [1.29, 1.82) is 0 Å². The van der Waals surface area contributed by atoms with Gasteiger partial charge in [-0.15, -0.1) is 0 Å². The van der Waals surface area contributed by atoms with E-state index < -0.39 is 0 Å². The minimum atomic E-state index is -0.293. The Balaban J connectivity index is 2.00. The van der Waals surface area contributed by atoms with Gasteiger partial charge in [0, 0.05) is 24.3 Å². The van der Waals surface area contributed by atoms with Crippen LogP contribution in [0.3, 0.4) is 0 Å². The molecule has 1 aromatic heterocycles. The molecule has 2 amide bonds. The van der Waals surface area contributed by atoms with Crippen molar-refractivity contribution in [2.24, 2.45) is 0 Å². The summed E-state index contributed by atoms with van der Waals surface area (Å²) in [5.74, 6) is 0.729. The van der Waals surface area contributed by atoms with Crippen LogP contribution >= 0.6 is 0 Å². The molecule has 0 saturated carbocycles. The lowest BCUT2D eigenvalue weighted by molar-refractivity contribution is -0.116. The van der Waals surface area contributed by atoms with Gasteiger partial charge in [0.1, 0.15) is 11.5 Å². The molecule has 0 fully saturated rings. The highest BCUT2D eigenvalue weighted by molar-refractivity contribution is 6.02. The van der Waals surface area contributed by atoms with Crippen molar-refractivity contribution in [2.75, 3.05) is 17.7 Å². The lowest BCUT2D eigenvalue weighted by Crippen LogP contribution is -2.12. The minimum Gasteiger partial charge on any atom is -0.494 e. The van der Waals surface area contributed by atoms with Crippen molar-refractivity contribution in [3.8, 4) is 5.75 Å². The van der Waals surface area contributed by atoms with E-state index in [2.05, 4.69) is 10.6 Å². The molecule has 132 valence electrons. The third-order valence-corrected chi connectivity index (χ3v) is 3.44. The zero-order valence-electron chi connectivity index (χ0n) is 14.4. The summed E-state index contributed by atoms with van der Waals surface area (Å²) in [5, 5.41) is 5.55. The van der Waals surface area contributed by atoms with Crippen molar-refractivity contribution < 1.29 is 18.7 Å². The average molecular weight is 342 g/mol. The van der Waals surface area contributed by atoms with Crippen LogP contribution in [0.5, 0.6) is 5.75 Å². The number of furan rings is 1. The number of carbonyl (C=O) groups excluding carboxylic acids is 2. The second-order valence-corrected chi connectivity index (χ2v) is 5.40. The lowest BCUT2D eigenvalue weighted by Gasteiger charge is -2.12. The van der Waals surface area contributed by atoms with Crippen molar-refractivity contribution in [3.05, 3.63) is 48.4 Å². The first-order valence-corrected chi connectivity index (χ1v) is 8.13. The Morgan fingerprint density at radius 3 is 2.76 bits per heavy atom. The Labute approximate surface area is 146 Å². The predicted molar refractivity (Wildman–Crippen MR) is 97.5 cm³/mol. The summed E-state index contributed by atoms with van der Waals surface area (Å²) in [7, 11) is 1.51. The van der Waals surface area contributed by atoms with E-state index in [1.165, 1.54) is 19.4 Å². The third kappa shape index (κ3) is 5.84. The first-order chi connectivity index (χ1) is 12.1. The van der Waals surface area contributed by atoms with E-state index in [4.69, 9.17) is 9.15 Å². The summed E-state index contributed by atoms with van der Waals surface area (Å²) in [5.41, 5.74) is 1.14. The maximum atomic E-state index is 11.9. The molecular formula is C19H22N2O4. The normalized spacial score (nSPS) is 10.6. The standard InChI is InChI=1S/C19H22N2O4/c1-3-4-7-18(22)21-16-10-8-14(13-17(16)24-2)20-19(23)11-9-15-6-5-12-25-15/h5-6,8-13H,3-4,7H2,1-2H3,(H,20,23)(H,21,22). The molecule has 6 nitrogen and oxygen atoms in total. The molecule has 1 aromatic carbocycles. The summed E-state index contributed by atoms with van der Waals surface area (Å²) in [6, 6.07) is 8.57. The summed E-state index contributed by atoms with van der Waals surface area (Å²) >= 11 is 0.